The number of ether oxygens (including phenoxy) is 1. The van der Waals surface area contributed by atoms with Crippen LogP contribution in [0.4, 0.5) is 5.69 Å². The van der Waals surface area contributed by atoms with Crippen molar-refractivity contribution in [2.24, 2.45) is 0 Å². The molecule has 2 aromatic carbocycles. The number of rotatable bonds is 3. The molecule has 0 fully saturated rings. The van der Waals surface area contributed by atoms with E-state index in [-0.39, 0.29) is 0 Å². The molecular weight excluding hydrogens is 345 g/mol. The van der Waals surface area contributed by atoms with Crippen molar-refractivity contribution in [2.45, 2.75) is 9.79 Å². The summed E-state index contributed by atoms with van der Waals surface area (Å²) in [5.41, 5.74) is 6.45. The minimum atomic E-state index is 0.791. The van der Waals surface area contributed by atoms with Gasteiger partial charge in [0.2, 0.25) is 0 Å². The molecule has 0 atom stereocenters. The van der Waals surface area contributed by atoms with E-state index in [0.717, 1.165) is 11.4 Å². The molecule has 0 aliphatic rings. The molecule has 0 saturated heterocycles. The molecule has 2 nitrogen and oxygen atoms in total. The lowest BCUT2D eigenvalue weighted by Crippen LogP contribution is -1.86. The van der Waals surface area contributed by atoms with E-state index in [1.807, 2.05) is 36.4 Å². The molecule has 0 saturated carbocycles. The van der Waals surface area contributed by atoms with Crippen molar-refractivity contribution in [1.29, 1.82) is 0 Å². The number of nitrogen functional groups attached to an aromatic ring is 1. The van der Waals surface area contributed by atoms with Gasteiger partial charge in [0, 0.05) is 19.0 Å². The fourth-order valence-electron chi connectivity index (χ4n) is 1.35. The van der Waals surface area contributed by atoms with Crippen LogP contribution in [0.1, 0.15) is 0 Å². The van der Waals surface area contributed by atoms with E-state index >= 15 is 0 Å². The van der Waals surface area contributed by atoms with Crippen LogP contribution in [0.25, 0.3) is 0 Å². The summed E-state index contributed by atoms with van der Waals surface area (Å²) < 4.78 is 6.37. The van der Waals surface area contributed by atoms with E-state index in [1.165, 1.54) is 13.4 Å². The summed E-state index contributed by atoms with van der Waals surface area (Å²) in [6, 6.07) is 14.0. The summed E-state index contributed by atoms with van der Waals surface area (Å²) in [4.78, 5) is 2.40. The molecular formula is C13H12INOS. The van der Waals surface area contributed by atoms with Crippen molar-refractivity contribution in [2.75, 3.05) is 12.8 Å². The van der Waals surface area contributed by atoms with Gasteiger partial charge in [-0.1, -0.05) is 11.8 Å². The van der Waals surface area contributed by atoms with Gasteiger partial charge in [0.1, 0.15) is 5.75 Å². The lowest BCUT2D eigenvalue weighted by Gasteiger charge is -2.06. The third kappa shape index (κ3) is 3.29. The number of halogens is 1. The number of methoxy groups -OCH3 is 1. The van der Waals surface area contributed by atoms with E-state index in [2.05, 4.69) is 28.7 Å². The van der Waals surface area contributed by atoms with E-state index in [0.29, 0.717) is 0 Å². The number of anilines is 1. The van der Waals surface area contributed by atoms with Gasteiger partial charge in [-0.25, -0.2) is 0 Å². The van der Waals surface area contributed by atoms with Crippen LogP contribution in [0.3, 0.4) is 0 Å². The first kappa shape index (κ1) is 12.6. The molecule has 4 heteroatoms. The van der Waals surface area contributed by atoms with Gasteiger partial charge in [-0.3, -0.25) is 0 Å². The summed E-state index contributed by atoms with van der Waals surface area (Å²) in [5, 5.41) is 0. The summed E-state index contributed by atoms with van der Waals surface area (Å²) in [6.07, 6.45) is 0. The molecule has 2 N–H and O–H groups in total. The maximum Gasteiger partial charge on any atom is 0.119 e. The average molecular weight is 357 g/mol. The van der Waals surface area contributed by atoms with Gasteiger partial charge >= 0.3 is 0 Å². The molecule has 0 aliphatic heterocycles. The van der Waals surface area contributed by atoms with Crippen LogP contribution in [0.15, 0.2) is 52.3 Å². The SMILES string of the molecule is COc1ccc(Sc2ccc(N)cc2)c(I)c1. The molecule has 0 radical (unpaired) electrons. The molecule has 0 unspecified atom stereocenters. The maximum atomic E-state index is 5.66. The van der Waals surface area contributed by atoms with Crippen LogP contribution >= 0.6 is 34.4 Å². The first-order valence-electron chi connectivity index (χ1n) is 5.06. The van der Waals surface area contributed by atoms with Gasteiger partial charge < -0.3 is 10.5 Å². The van der Waals surface area contributed by atoms with Crippen molar-refractivity contribution in [3.05, 3.63) is 46.0 Å². The Bertz CT molecular complexity index is 513. The van der Waals surface area contributed by atoms with E-state index < -0.39 is 0 Å². The second-order valence-corrected chi connectivity index (χ2v) is 5.74. The van der Waals surface area contributed by atoms with Crippen LogP contribution in [-0.4, -0.2) is 7.11 Å². The topological polar surface area (TPSA) is 35.2 Å². The Kier molecular flexibility index (Phi) is 4.17. The Labute approximate surface area is 119 Å². The first-order chi connectivity index (χ1) is 8.19. The molecule has 0 amide bonds. The number of hydrogen-bond acceptors (Lipinski definition) is 3. The van der Waals surface area contributed by atoms with Crippen LogP contribution in [0, 0.1) is 3.57 Å². The zero-order chi connectivity index (χ0) is 12.3. The monoisotopic (exact) mass is 357 g/mol. The highest BCUT2D eigenvalue weighted by Crippen LogP contribution is 2.33. The van der Waals surface area contributed by atoms with Crippen molar-refractivity contribution in [1.82, 2.24) is 0 Å². The van der Waals surface area contributed by atoms with Crippen molar-refractivity contribution < 1.29 is 4.74 Å². The van der Waals surface area contributed by atoms with E-state index in [1.54, 1.807) is 18.9 Å². The summed E-state index contributed by atoms with van der Waals surface area (Å²) >= 11 is 4.04. The van der Waals surface area contributed by atoms with Crippen LogP contribution in [0.2, 0.25) is 0 Å². The molecule has 0 aliphatic carbocycles. The Morgan fingerprint density at radius 2 is 1.82 bits per heavy atom. The summed E-state index contributed by atoms with van der Waals surface area (Å²) in [7, 11) is 1.68. The molecule has 0 spiro atoms. The number of nitrogens with two attached hydrogens (primary N) is 1. The van der Waals surface area contributed by atoms with Gasteiger partial charge in [0.15, 0.2) is 0 Å². The minimum Gasteiger partial charge on any atom is -0.497 e. The Morgan fingerprint density at radius 3 is 2.41 bits per heavy atom. The maximum absolute atomic E-state index is 5.66. The van der Waals surface area contributed by atoms with Crippen LogP contribution in [-0.2, 0) is 0 Å². The Morgan fingerprint density at radius 1 is 1.12 bits per heavy atom. The largest absolute Gasteiger partial charge is 0.497 e. The standard InChI is InChI=1S/C13H12INOS/c1-16-10-4-7-13(12(14)8-10)17-11-5-2-9(15)3-6-11/h2-8H,15H2,1H3. The lowest BCUT2D eigenvalue weighted by molar-refractivity contribution is 0.414. The second-order valence-electron chi connectivity index (χ2n) is 3.47. The third-order valence-corrected chi connectivity index (χ3v) is 4.59. The van der Waals surface area contributed by atoms with Crippen molar-refractivity contribution in [3.63, 3.8) is 0 Å². The van der Waals surface area contributed by atoms with Gasteiger partial charge in [-0.15, -0.1) is 0 Å². The molecule has 17 heavy (non-hydrogen) atoms. The van der Waals surface area contributed by atoms with Crippen LogP contribution in [0.5, 0.6) is 5.75 Å². The quantitative estimate of drug-likeness (QED) is 0.665. The van der Waals surface area contributed by atoms with Gasteiger partial charge in [-0.05, 0) is 65.1 Å². The molecule has 2 aromatic rings. The molecule has 0 aromatic heterocycles. The molecule has 2 rings (SSSR count). The number of hydrogen-bond donors (Lipinski definition) is 1. The third-order valence-electron chi connectivity index (χ3n) is 2.25. The smallest absolute Gasteiger partial charge is 0.119 e. The van der Waals surface area contributed by atoms with Gasteiger partial charge in [-0.2, -0.15) is 0 Å². The Balaban J connectivity index is 2.21. The predicted octanol–water partition coefficient (Wildman–Crippen LogP) is 4.03. The zero-order valence-electron chi connectivity index (χ0n) is 9.31. The number of benzene rings is 2. The molecule has 0 heterocycles. The van der Waals surface area contributed by atoms with E-state index in [9.17, 15) is 0 Å². The minimum absolute atomic E-state index is 0.791. The highest BCUT2D eigenvalue weighted by Gasteiger charge is 2.03. The van der Waals surface area contributed by atoms with Gasteiger partial charge in [0.05, 0.1) is 7.11 Å². The predicted molar refractivity (Wildman–Crippen MR) is 80.7 cm³/mol. The molecule has 88 valence electrons. The summed E-state index contributed by atoms with van der Waals surface area (Å²) in [6.45, 7) is 0. The van der Waals surface area contributed by atoms with Gasteiger partial charge in [0.25, 0.3) is 0 Å². The Hall–Kier alpha value is -0.880. The highest BCUT2D eigenvalue weighted by molar-refractivity contribution is 14.1. The average Bonchev–Trinajstić information content (AvgIpc) is 2.34. The van der Waals surface area contributed by atoms with E-state index in [4.69, 9.17) is 10.5 Å². The normalized spacial score (nSPS) is 10.2. The second kappa shape index (κ2) is 5.64. The fourth-order valence-corrected chi connectivity index (χ4v) is 2.99. The first-order valence-corrected chi connectivity index (χ1v) is 6.95. The van der Waals surface area contributed by atoms with Crippen molar-refractivity contribution >= 4 is 40.0 Å². The fraction of sp³-hybridized carbons (Fsp3) is 0.0769. The summed E-state index contributed by atoms with van der Waals surface area (Å²) in [5.74, 6) is 0.885. The highest BCUT2D eigenvalue weighted by atomic mass is 127. The van der Waals surface area contributed by atoms with Crippen molar-refractivity contribution in [3.8, 4) is 5.75 Å². The van der Waals surface area contributed by atoms with Crippen LogP contribution < -0.4 is 10.5 Å². The molecule has 0 bridgehead atoms. The lowest BCUT2D eigenvalue weighted by atomic mass is 10.3. The zero-order valence-corrected chi connectivity index (χ0v) is 12.3.